The summed E-state index contributed by atoms with van der Waals surface area (Å²) in [5, 5.41) is 0. The number of anilines is 1. The molecular formula is C20H26F3N3O. The van der Waals surface area contributed by atoms with Gasteiger partial charge in [-0.25, -0.2) is 4.98 Å². The van der Waals surface area contributed by atoms with Crippen LogP contribution in [-0.4, -0.2) is 42.0 Å². The molecule has 1 saturated heterocycles. The molecule has 3 atom stereocenters. The van der Waals surface area contributed by atoms with E-state index in [1.54, 1.807) is 0 Å². The monoisotopic (exact) mass is 381 g/mol. The van der Waals surface area contributed by atoms with Crippen LogP contribution in [0, 0.1) is 17.8 Å². The summed E-state index contributed by atoms with van der Waals surface area (Å²) < 4.78 is 38.1. The Hall–Kier alpha value is -1.79. The Morgan fingerprint density at radius 1 is 1.11 bits per heavy atom. The first-order chi connectivity index (χ1) is 12.9. The minimum absolute atomic E-state index is 0.245. The molecule has 1 aromatic rings. The van der Waals surface area contributed by atoms with Gasteiger partial charge in [-0.2, -0.15) is 13.2 Å². The summed E-state index contributed by atoms with van der Waals surface area (Å²) in [6.45, 7) is 2.65. The van der Waals surface area contributed by atoms with Crippen LogP contribution in [0.15, 0.2) is 18.3 Å². The Bertz CT molecular complexity index is 676. The SMILES string of the molecule is O=C(C[C@H]1C[C@H]2CC[C@H]1C2)N1CCCN(c2ccc(C(F)(F)F)cn2)CC1. The third kappa shape index (κ3) is 4.06. The van der Waals surface area contributed by atoms with Crippen molar-refractivity contribution in [1.29, 1.82) is 0 Å². The average Bonchev–Trinajstić information content (AvgIpc) is 3.16. The fourth-order valence-electron chi connectivity index (χ4n) is 5.12. The number of nitrogens with zero attached hydrogens (tertiary/aromatic N) is 3. The van der Waals surface area contributed by atoms with Gasteiger partial charge in [0, 0.05) is 38.8 Å². The Morgan fingerprint density at radius 3 is 2.59 bits per heavy atom. The van der Waals surface area contributed by atoms with E-state index >= 15 is 0 Å². The van der Waals surface area contributed by atoms with E-state index in [4.69, 9.17) is 0 Å². The van der Waals surface area contributed by atoms with Gasteiger partial charge in [-0.15, -0.1) is 0 Å². The number of pyridine rings is 1. The summed E-state index contributed by atoms with van der Waals surface area (Å²) in [6, 6.07) is 2.50. The molecule has 4 rings (SSSR count). The van der Waals surface area contributed by atoms with Crippen molar-refractivity contribution >= 4 is 11.7 Å². The first-order valence-corrected chi connectivity index (χ1v) is 9.96. The van der Waals surface area contributed by atoms with Crippen LogP contribution in [-0.2, 0) is 11.0 Å². The highest BCUT2D eigenvalue weighted by Crippen LogP contribution is 2.49. The van der Waals surface area contributed by atoms with Gasteiger partial charge in [0.15, 0.2) is 0 Å². The van der Waals surface area contributed by atoms with E-state index in [9.17, 15) is 18.0 Å². The molecular weight excluding hydrogens is 355 g/mol. The van der Waals surface area contributed by atoms with Crippen LogP contribution < -0.4 is 4.90 Å². The molecule has 0 aromatic carbocycles. The number of halogens is 3. The van der Waals surface area contributed by atoms with E-state index in [2.05, 4.69) is 4.98 Å². The zero-order valence-corrected chi connectivity index (χ0v) is 15.4. The first-order valence-electron chi connectivity index (χ1n) is 9.96. The van der Waals surface area contributed by atoms with Gasteiger partial charge in [-0.1, -0.05) is 6.42 Å². The molecule has 4 nitrogen and oxygen atoms in total. The third-order valence-corrected chi connectivity index (χ3v) is 6.57. The van der Waals surface area contributed by atoms with E-state index < -0.39 is 11.7 Å². The van der Waals surface area contributed by atoms with Crippen molar-refractivity contribution in [3.8, 4) is 0 Å². The van der Waals surface area contributed by atoms with Crippen LogP contribution in [0.4, 0.5) is 19.0 Å². The van der Waals surface area contributed by atoms with Gasteiger partial charge < -0.3 is 9.80 Å². The highest BCUT2D eigenvalue weighted by Gasteiger charge is 2.40. The van der Waals surface area contributed by atoms with Crippen molar-refractivity contribution in [3.05, 3.63) is 23.9 Å². The van der Waals surface area contributed by atoms with Crippen molar-refractivity contribution in [2.45, 2.75) is 44.7 Å². The lowest BCUT2D eigenvalue weighted by Crippen LogP contribution is -2.36. The van der Waals surface area contributed by atoms with Crippen LogP contribution in [0.3, 0.4) is 0 Å². The normalized spacial score (nSPS) is 28.5. The lowest BCUT2D eigenvalue weighted by atomic mass is 9.86. The Kier molecular flexibility index (Phi) is 5.03. The summed E-state index contributed by atoms with van der Waals surface area (Å²) in [5.74, 6) is 2.95. The molecule has 2 bridgehead atoms. The second-order valence-corrected chi connectivity index (χ2v) is 8.26. The quantitative estimate of drug-likeness (QED) is 0.795. The number of carbonyl (C=O) groups is 1. The average molecular weight is 381 g/mol. The summed E-state index contributed by atoms with van der Waals surface area (Å²) in [6.07, 6.45) is 3.15. The predicted octanol–water partition coefficient (Wildman–Crippen LogP) is 3.97. The highest BCUT2D eigenvalue weighted by molar-refractivity contribution is 5.76. The zero-order valence-electron chi connectivity index (χ0n) is 15.4. The number of carbonyl (C=O) groups excluding carboxylic acids is 1. The lowest BCUT2D eigenvalue weighted by Gasteiger charge is -2.26. The zero-order chi connectivity index (χ0) is 19.0. The molecule has 3 fully saturated rings. The van der Waals surface area contributed by atoms with E-state index in [1.807, 2.05) is 9.80 Å². The van der Waals surface area contributed by atoms with E-state index in [1.165, 1.54) is 31.7 Å². The molecule has 148 valence electrons. The topological polar surface area (TPSA) is 36.4 Å². The molecule has 1 aromatic heterocycles. The summed E-state index contributed by atoms with van der Waals surface area (Å²) in [5.41, 5.74) is -0.733. The first kappa shape index (κ1) is 18.6. The maximum absolute atomic E-state index is 12.7. The maximum atomic E-state index is 12.7. The van der Waals surface area contributed by atoms with Crippen LogP contribution in [0.5, 0.6) is 0 Å². The van der Waals surface area contributed by atoms with Gasteiger partial charge in [0.2, 0.25) is 5.91 Å². The van der Waals surface area contributed by atoms with Crippen LogP contribution in [0.2, 0.25) is 0 Å². The second-order valence-electron chi connectivity index (χ2n) is 8.26. The van der Waals surface area contributed by atoms with Crippen molar-refractivity contribution in [3.63, 3.8) is 0 Å². The molecule has 1 aliphatic heterocycles. The number of amides is 1. The standard InChI is InChI=1S/C20H26F3N3O/c21-20(22,23)17-4-5-18(24-13-17)25-6-1-7-26(9-8-25)19(27)12-16-11-14-2-3-15(16)10-14/h4-5,13-16H,1-3,6-12H2/t14-,15-,16+/m0/s1. The van der Waals surface area contributed by atoms with E-state index in [-0.39, 0.29) is 5.91 Å². The molecule has 3 aliphatic rings. The number of aromatic nitrogens is 1. The molecule has 2 heterocycles. The number of fused-ring (bicyclic) bond motifs is 2. The molecule has 2 saturated carbocycles. The molecule has 7 heteroatoms. The molecule has 1 amide bonds. The summed E-state index contributed by atoms with van der Waals surface area (Å²) >= 11 is 0. The van der Waals surface area contributed by atoms with E-state index in [0.29, 0.717) is 37.8 Å². The van der Waals surface area contributed by atoms with Gasteiger partial charge in [-0.3, -0.25) is 4.79 Å². The fraction of sp³-hybridized carbons (Fsp3) is 0.700. The Labute approximate surface area is 157 Å². The number of alkyl halides is 3. The largest absolute Gasteiger partial charge is 0.417 e. The third-order valence-electron chi connectivity index (χ3n) is 6.57. The van der Waals surface area contributed by atoms with Gasteiger partial charge in [0.05, 0.1) is 5.56 Å². The van der Waals surface area contributed by atoms with E-state index in [0.717, 1.165) is 37.1 Å². The van der Waals surface area contributed by atoms with Gasteiger partial charge in [-0.05, 0) is 55.6 Å². The summed E-state index contributed by atoms with van der Waals surface area (Å²) in [4.78, 5) is 20.7. The highest BCUT2D eigenvalue weighted by atomic mass is 19.4. The minimum atomic E-state index is -4.37. The number of hydrogen-bond donors (Lipinski definition) is 0. The molecule has 0 radical (unpaired) electrons. The van der Waals surface area contributed by atoms with Crippen molar-refractivity contribution < 1.29 is 18.0 Å². The fourth-order valence-corrected chi connectivity index (χ4v) is 5.12. The molecule has 0 spiro atoms. The molecule has 0 unspecified atom stereocenters. The van der Waals surface area contributed by atoms with Gasteiger partial charge in [0.25, 0.3) is 0 Å². The molecule has 2 aliphatic carbocycles. The Morgan fingerprint density at radius 2 is 1.96 bits per heavy atom. The number of rotatable bonds is 3. The van der Waals surface area contributed by atoms with Crippen LogP contribution in [0.25, 0.3) is 0 Å². The molecule has 0 N–H and O–H groups in total. The minimum Gasteiger partial charge on any atom is -0.355 e. The predicted molar refractivity (Wildman–Crippen MR) is 96.2 cm³/mol. The number of hydrogen-bond acceptors (Lipinski definition) is 3. The Balaban J connectivity index is 1.32. The lowest BCUT2D eigenvalue weighted by molar-refractivity contribution is -0.137. The van der Waals surface area contributed by atoms with Gasteiger partial charge in [0.1, 0.15) is 5.82 Å². The van der Waals surface area contributed by atoms with Gasteiger partial charge >= 0.3 is 6.18 Å². The molecule has 27 heavy (non-hydrogen) atoms. The van der Waals surface area contributed by atoms with Crippen molar-refractivity contribution in [2.24, 2.45) is 17.8 Å². The summed E-state index contributed by atoms with van der Waals surface area (Å²) in [7, 11) is 0. The van der Waals surface area contributed by atoms with Crippen molar-refractivity contribution in [1.82, 2.24) is 9.88 Å². The smallest absolute Gasteiger partial charge is 0.355 e. The second kappa shape index (κ2) is 7.32. The maximum Gasteiger partial charge on any atom is 0.417 e. The van der Waals surface area contributed by atoms with Crippen LogP contribution in [0.1, 0.15) is 44.1 Å². The van der Waals surface area contributed by atoms with Crippen molar-refractivity contribution in [2.75, 3.05) is 31.1 Å². The van der Waals surface area contributed by atoms with Crippen LogP contribution >= 0.6 is 0 Å².